The second kappa shape index (κ2) is 10.5. The topological polar surface area (TPSA) is 27.7 Å². The number of rotatable bonds is 8. The van der Waals surface area contributed by atoms with E-state index in [-0.39, 0.29) is 0 Å². The third kappa shape index (κ3) is 5.28. The predicted molar refractivity (Wildman–Crippen MR) is 102 cm³/mol. The quantitative estimate of drug-likeness (QED) is 0.517. The van der Waals surface area contributed by atoms with Crippen LogP contribution in [0, 0.1) is 0 Å². The highest BCUT2D eigenvalue weighted by Gasteiger charge is 2.48. The van der Waals surface area contributed by atoms with Crippen LogP contribution in [0.2, 0.25) is 5.54 Å². The van der Waals surface area contributed by atoms with Crippen molar-refractivity contribution in [1.29, 1.82) is 0 Å². The van der Waals surface area contributed by atoms with Crippen molar-refractivity contribution in [3.05, 3.63) is 23.3 Å². The van der Waals surface area contributed by atoms with Gasteiger partial charge in [0.15, 0.2) is 0 Å². The summed E-state index contributed by atoms with van der Waals surface area (Å²) in [7, 11) is -2.57. The summed E-state index contributed by atoms with van der Waals surface area (Å²) in [6.45, 7) is 8.18. The fraction of sp³-hybridized carbons (Fsp3) is 0.800. The molecule has 138 valence electrons. The molecule has 0 aliphatic heterocycles. The molecule has 1 unspecified atom stereocenters. The van der Waals surface area contributed by atoms with E-state index in [2.05, 4.69) is 32.9 Å². The minimum atomic E-state index is -2.57. The zero-order valence-corrected chi connectivity index (χ0v) is 16.9. The lowest BCUT2D eigenvalue weighted by Gasteiger charge is -2.35. The molecular formula is C20H36O3Si. The summed E-state index contributed by atoms with van der Waals surface area (Å²) in [6, 6.07) is 0. The third-order valence-electron chi connectivity index (χ3n) is 5.16. The summed E-state index contributed by atoms with van der Waals surface area (Å²) in [5, 5.41) is 0. The van der Waals surface area contributed by atoms with Crippen LogP contribution in [-0.4, -0.2) is 28.6 Å². The first-order valence-electron chi connectivity index (χ1n) is 10.1. The van der Waals surface area contributed by atoms with Gasteiger partial charge in [0.05, 0.1) is 0 Å². The number of hydrogen-bond donors (Lipinski definition) is 0. The Hall–Kier alpha value is -0.423. The second-order valence-corrected chi connectivity index (χ2v) is 9.66. The number of allylic oxidation sites excluding steroid dienone is 4. The maximum atomic E-state index is 6.16. The zero-order valence-electron chi connectivity index (χ0n) is 15.9. The van der Waals surface area contributed by atoms with Crippen LogP contribution in [0.15, 0.2) is 23.3 Å². The minimum absolute atomic E-state index is 0.428. The van der Waals surface area contributed by atoms with Crippen LogP contribution >= 0.6 is 0 Å². The Morgan fingerprint density at radius 2 is 1.42 bits per heavy atom. The van der Waals surface area contributed by atoms with E-state index in [0.717, 1.165) is 25.7 Å². The van der Waals surface area contributed by atoms with Crippen molar-refractivity contribution in [2.45, 2.75) is 84.1 Å². The van der Waals surface area contributed by atoms with E-state index in [9.17, 15) is 0 Å². The number of hydrogen-bond acceptors (Lipinski definition) is 3. The molecule has 0 aromatic carbocycles. The molecule has 4 heteroatoms. The molecule has 0 heterocycles. The molecule has 0 radical (unpaired) electrons. The molecule has 2 aliphatic rings. The fourth-order valence-corrected chi connectivity index (χ4v) is 7.25. The van der Waals surface area contributed by atoms with Crippen molar-refractivity contribution in [1.82, 2.24) is 0 Å². The van der Waals surface area contributed by atoms with Crippen molar-refractivity contribution >= 4 is 8.80 Å². The van der Waals surface area contributed by atoms with Crippen molar-refractivity contribution in [2.24, 2.45) is 0 Å². The normalized spacial score (nSPS) is 23.2. The van der Waals surface area contributed by atoms with Gasteiger partial charge in [-0.05, 0) is 83.3 Å². The molecule has 0 bridgehead atoms. The molecule has 0 aromatic heterocycles. The Morgan fingerprint density at radius 3 is 2.08 bits per heavy atom. The van der Waals surface area contributed by atoms with Gasteiger partial charge < -0.3 is 13.3 Å². The van der Waals surface area contributed by atoms with Crippen LogP contribution in [0.5, 0.6) is 0 Å². The van der Waals surface area contributed by atoms with Crippen LogP contribution < -0.4 is 0 Å². The lowest BCUT2D eigenvalue weighted by atomic mass is 9.97. The molecule has 0 spiro atoms. The summed E-state index contributed by atoms with van der Waals surface area (Å²) in [4.78, 5) is 0. The maximum absolute atomic E-state index is 6.16. The highest BCUT2D eigenvalue weighted by molar-refractivity contribution is 6.62. The van der Waals surface area contributed by atoms with Crippen molar-refractivity contribution in [2.75, 3.05) is 19.8 Å². The zero-order chi connectivity index (χ0) is 17.3. The van der Waals surface area contributed by atoms with Crippen LogP contribution in [0.25, 0.3) is 0 Å². The van der Waals surface area contributed by atoms with E-state index in [1.807, 2.05) is 0 Å². The van der Waals surface area contributed by atoms with Gasteiger partial charge in [-0.3, -0.25) is 0 Å². The molecular weight excluding hydrogens is 316 g/mol. The van der Waals surface area contributed by atoms with E-state index in [1.165, 1.54) is 32.1 Å². The smallest absolute Gasteiger partial charge is 0.374 e. The van der Waals surface area contributed by atoms with Gasteiger partial charge in [-0.25, -0.2) is 0 Å². The maximum Gasteiger partial charge on any atom is 0.504 e. The van der Waals surface area contributed by atoms with Crippen molar-refractivity contribution in [3.8, 4) is 0 Å². The van der Waals surface area contributed by atoms with Crippen LogP contribution in [-0.2, 0) is 13.3 Å². The van der Waals surface area contributed by atoms with Gasteiger partial charge in [0.25, 0.3) is 0 Å². The highest BCUT2D eigenvalue weighted by atomic mass is 28.4. The molecule has 2 aliphatic carbocycles. The van der Waals surface area contributed by atoms with Crippen molar-refractivity contribution < 1.29 is 13.3 Å². The summed E-state index contributed by atoms with van der Waals surface area (Å²) in [6.07, 6.45) is 16.1. The summed E-state index contributed by atoms with van der Waals surface area (Å²) >= 11 is 0. The molecule has 1 atom stereocenters. The molecule has 0 saturated carbocycles. The Labute approximate surface area is 149 Å². The monoisotopic (exact) mass is 352 g/mol. The largest absolute Gasteiger partial charge is 0.504 e. The Morgan fingerprint density at radius 1 is 0.792 bits per heavy atom. The minimum Gasteiger partial charge on any atom is -0.374 e. The lowest BCUT2D eigenvalue weighted by Crippen LogP contribution is -2.50. The molecule has 0 amide bonds. The summed E-state index contributed by atoms with van der Waals surface area (Å²) in [5.41, 5.74) is 3.63. The second-order valence-electron chi connectivity index (χ2n) is 6.77. The first kappa shape index (κ1) is 19.9. The Kier molecular flexibility index (Phi) is 8.74. The van der Waals surface area contributed by atoms with E-state index >= 15 is 0 Å². The van der Waals surface area contributed by atoms with Gasteiger partial charge in [-0.1, -0.05) is 18.6 Å². The van der Waals surface area contributed by atoms with Crippen LogP contribution in [0.1, 0.15) is 78.6 Å². The van der Waals surface area contributed by atoms with Gasteiger partial charge in [-0.15, -0.1) is 0 Å². The molecule has 0 saturated heterocycles. The van der Waals surface area contributed by atoms with Gasteiger partial charge in [0, 0.05) is 25.4 Å². The van der Waals surface area contributed by atoms with E-state index < -0.39 is 8.80 Å². The summed E-state index contributed by atoms with van der Waals surface area (Å²) in [5.74, 6) is 0. The highest BCUT2D eigenvalue weighted by Crippen LogP contribution is 2.40. The molecule has 24 heavy (non-hydrogen) atoms. The van der Waals surface area contributed by atoms with Gasteiger partial charge in [0.2, 0.25) is 0 Å². The van der Waals surface area contributed by atoms with Gasteiger partial charge in [-0.2, -0.15) is 0 Å². The first-order valence-corrected chi connectivity index (χ1v) is 11.9. The molecule has 2 rings (SSSR count). The first-order chi connectivity index (χ1) is 11.8. The van der Waals surface area contributed by atoms with Crippen molar-refractivity contribution in [3.63, 3.8) is 0 Å². The predicted octanol–water partition coefficient (Wildman–Crippen LogP) is 5.80. The third-order valence-corrected chi connectivity index (χ3v) is 8.81. The molecule has 0 N–H and O–H groups in total. The standard InChI is InChI=1S/C20H36O3Si/c1-4-21-24(22-5-2,23-6-3)20-15-11-14-19(16-17-20)18-12-9-7-8-10-13-18/h12,14,20H,4-11,13,15-17H2,1-3H3. The Balaban J connectivity index is 2.07. The van der Waals surface area contributed by atoms with Gasteiger partial charge in [0.1, 0.15) is 0 Å². The lowest BCUT2D eigenvalue weighted by molar-refractivity contribution is 0.0590. The fourth-order valence-electron chi connectivity index (χ4n) is 4.07. The average molecular weight is 353 g/mol. The van der Waals surface area contributed by atoms with Crippen LogP contribution in [0.4, 0.5) is 0 Å². The molecule has 3 nitrogen and oxygen atoms in total. The van der Waals surface area contributed by atoms with Crippen LogP contribution in [0.3, 0.4) is 0 Å². The molecule has 0 aromatic rings. The SMILES string of the molecule is CCO[Si](OCC)(OCC)C1CCC=C(C2=CCCCCC2)CC1. The van der Waals surface area contributed by atoms with E-state index in [0.29, 0.717) is 25.4 Å². The average Bonchev–Trinajstić information content (AvgIpc) is 2.98. The molecule has 0 fully saturated rings. The summed E-state index contributed by atoms with van der Waals surface area (Å²) < 4.78 is 18.5. The van der Waals surface area contributed by atoms with E-state index in [4.69, 9.17) is 13.3 Å². The van der Waals surface area contributed by atoms with Gasteiger partial charge >= 0.3 is 8.80 Å². The Bertz CT molecular complexity index is 414. The van der Waals surface area contributed by atoms with E-state index in [1.54, 1.807) is 11.1 Å².